The van der Waals surface area contributed by atoms with Gasteiger partial charge in [-0.25, -0.2) is 4.79 Å². The van der Waals surface area contributed by atoms with Crippen LogP contribution in [0.15, 0.2) is 49.2 Å². The van der Waals surface area contributed by atoms with Crippen molar-refractivity contribution >= 4 is 22.8 Å². The summed E-state index contributed by atoms with van der Waals surface area (Å²) in [5.74, 6) is -0.733. The second kappa shape index (κ2) is 10.3. The standard InChI is InChI=1S/C21H26N2O3/c1-3-4-5-6-7-8-13-19(21(25)26-2)23-20(24)17-14-16-11-9-10-12-18(16)22-15-17/h3,9-12,14-15,19H,1,4-8,13H2,2H3,(H,23,24)/t19-/m0/s1. The highest BCUT2D eigenvalue weighted by molar-refractivity contribution is 5.99. The molecule has 0 radical (unpaired) electrons. The van der Waals surface area contributed by atoms with Gasteiger partial charge in [0.05, 0.1) is 18.2 Å². The van der Waals surface area contributed by atoms with Crippen LogP contribution >= 0.6 is 0 Å². The summed E-state index contributed by atoms with van der Waals surface area (Å²) >= 11 is 0. The van der Waals surface area contributed by atoms with Gasteiger partial charge in [0.25, 0.3) is 5.91 Å². The normalized spacial score (nSPS) is 11.7. The number of pyridine rings is 1. The first-order valence-electron chi connectivity index (χ1n) is 9.00. The molecule has 1 amide bonds. The maximum Gasteiger partial charge on any atom is 0.328 e. The molecule has 0 aliphatic rings. The predicted octanol–water partition coefficient (Wildman–Crippen LogP) is 4.03. The number of aromatic nitrogens is 1. The number of unbranched alkanes of at least 4 members (excludes halogenated alkanes) is 4. The monoisotopic (exact) mass is 354 g/mol. The first kappa shape index (κ1) is 19.6. The Kier molecular flexibility index (Phi) is 7.80. The SMILES string of the molecule is C=CCCCCCC[C@H](NC(=O)c1cnc2ccccc2c1)C(=O)OC. The number of fused-ring (bicyclic) bond motifs is 1. The van der Waals surface area contributed by atoms with Crippen LogP contribution < -0.4 is 5.32 Å². The Balaban J connectivity index is 1.96. The average Bonchev–Trinajstić information content (AvgIpc) is 2.68. The van der Waals surface area contributed by atoms with Crippen molar-refractivity contribution in [3.05, 3.63) is 54.7 Å². The average molecular weight is 354 g/mol. The largest absolute Gasteiger partial charge is 0.467 e. The topological polar surface area (TPSA) is 68.3 Å². The minimum atomic E-state index is -0.640. The zero-order valence-corrected chi connectivity index (χ0v) is 15.2. The van der Waals surface area contributed by atoms with E-state index in [-0.39, 0.29) is 5.91 Å². The summed E-state index contributed by atoms with van der Waals surface area (Å²) in [5, 5.41) is 3.67. The summed E-state index contributed by atoms with van der Waals surface area (Å²) in [7, 11) is 1.34. The number of ether oxygens (including phenoxy) is 1. The van der Waals surface area contributed by atoms with E-state index in [1.54, 1.807) is 6.07 Å². The van der Waals surface area contributed by atoms with Crippen LogP contribution in [0.3, 0.4) is 0 Å². The third kappa shape index (κ3) is 5.69. The van der Waals surface area contributed by atoms with Crippen LogP contribution in [0.4, 0.5) is 0 Å². The number of carbonyl (C=O) groups is 2. The maximum absolute atomic E-state index is 12.5. The Bertz CT molecular complexity index is 758. The molecule has 1 aromatic carbocycles. The number of methoxy groups -OCH3 is 1. The zero-order chi connectivity index (χ0) is 18.8. The number of allylic oxidation sites excluding steroid dienone is 1. The number of para-hydroxylation sites is 1. The van der Waals surface area contributed by atoms with E-state index < -0.39 is 12.0 Å². The van der Waals surface area contributed by atoms with Gasteiger partial charge < -0.3 is 10.1 Å². The molecule has 1 N–H and O–H groups in total. The highest BCUT2D eigenvalue weighted by Crippen LogP contribution is 2.14. The Morgan fingerprint density at radius 1 is 1.23 bits per heavy atom. The van der Waals surface area contributed by atoms with E-state index in [0.29, 0.717) is 12.0 Å². The second-order valence-electron chi connectivity index (χ2n) is 6.25. The van der Waals surface area contributed by atoms with Gasteiger partial charge in [0, 0.05) is 11.6 Å². The number of benzene rings is 1. The lowest BCUT2D eigenvalue weighted by Crippen LogP contribution is -2.41. The molecule has 1 heterocycles. The molecule has 0 saturated heterocycles. The minimum Gasteiger partial charge on any atom is -0.467 e. The quantitative estimate of drug-likeness (QED) is 0.397. The van der Waals surface area contributed by atoms with Crippen LogP contribution in [0.5, 0.6) is 0 Å². The van der Waals surface area contributed by atoms with Crippen LogP contribution in [0.25, 0.3) is 10.9 Å². The lowest BCUT2D eigenvalue weighted by molar-refractivity contribution is -0.143. The zero-order valence-electron chi connectivity index (χ0n) is 15.2. The molecule has 2 rings (SSSR count). The van der Waals surface area contributed by atoms with E-state index in [4.69, 9.17) is 4.74 Å². The molecular formula is C21H26N2O3. The molecule has 5 nitrogen and oxygen atoms in total. The van der Waals surface area contributed by atoms with Crippen LogP contribution in [0.2, 0.25) is 0 Å². The Morgan fingerprint density at radius 2 is 2.00 bits per heavy atom. The lowest BCUT2D eigenvalue weighted by atomic mass is 10.1. The van der Waals surface area contributed by atoms with Gasteiger partial charge in [-0.05, 0) is 31.4 Å². The number of hydrogen-bond acceptors (Lipinski definition) is 4. The Hall–Kier alpha value is -2.69. The summed E-state index contributed by atoms with van der Waals surface area (Å²) in [6.45, 7) is 3.71. The third-order valence-electron chi connectivity index (χ3n) is 4.29. The van der Waals surface area contributed by atoms with Gasteiger partial charge in [-0.15, -0.1) is 6.58 Å². The van der Waals surface area contributed by atoms with Crippen molar-refractivity contribution in [1.29, 1.82) is 0 Å². The van der Waals surface area contributed by atoms with Gasteiger partial charge >= 0.3 is 5.97 Å². The molecule has 26 heavy (non-hydrogen) atoms. The van der Waals surface area contributed by atoms with Gasteiger partial charge in [0.1, 0.15) is 6.04 Å². The Morgan fingerprint density at radius 3 is 2.77 bits per heavy atom. The molecule has 5 heteroatoms. The van der Waals surface area contributed by atoms with Crippen molar-refractivity contribution < 1.29 is 14.3 Å². The molecule has 0 saturated carbocycles. The van der Waals surface area contributed by atoms with Gasteiger partial charge in [0.2, 0.25) is 0 Å². The number of nitrogens with one attached hydrogen (secondary N) is 1. The van der Waals surface area contributed by atoms with Crippen LogP contribution in [-0.2, 0) is 9.53 Å². The van der Waals surface area contributed by atoms with E-state index in [1.807, 2.05) is 30.3 Å². The molecule has 0 unspecified atom stereocenters. The highest BCUT2D eigenvalue weighted by atomic mass is 16.5. The summed E-state index contributed by atoms with van der Waals surface area (Å²) < 4.78 is 4.83. The fraction of sp³-hybridized carbons (Fsp3) is 0.381. The molecule has 2 aromatic rings. The van der Waals surface area contributed by atoms with Crippen molar-refractivity contribution in [3.63, 3.8) is 0 Å². The van der Waals surface area contributed by atoms with E-state index >= 15 is 0 Å². The molecule has 0 fully saturated rings. The van der Waals surface area contributed by atoms with E-state index in [2.05, 4.69) is 16.9 Å². The molecule has 0 aliphatic carbocycles. The van der Waals surface area contributed by atoms with Gasteiger partial charge in [-0.2, -0.15) is 0 Å². The fourth-order valence-electron chi connectivity index (χ4n) is 2.82. The summed E-state index contributed by atoms with van der Waals surface area (Å²) in [6, 6.07) is 8.73. The summed E-state index contributed by atoms with van der Waals surface area (Å²) in [6.07, 6.45) is 9.06. The number of carbonyl (C=O) groups excluding carboxylic acids is 2. The van der Waals surface area contributed by atoms with Crippen molar-refractivity contribution in [1.82, 2.24) is 10.3 Å². The molecule has 138 valence electrons. The first-order chi connectivity index (χ1) is 12.7. The number of rotatable bonds is 10. The van der Waals surface area contributed by atoms with Crippen LogP contribution in [0.1, 0.15) is 48.9 Å². The van der Waals surface area contributed by atoms with Crippen LogP contribution in [0, 0.1) is 0 Å². The molecule has 0 bridgehead atoms. The van der Waals surface area contributed by atoms with Crippen molar-refractivity contribution in [2.24, 2.45) is 0 Å². The second-order valence-corrected chi connectivity index (χ2v) is 6.25. The lowest BCUT2D eigenvalue weighted by Gasteiger charge is -2.16. The van der Waals surface area contributed by atoms with Gasteiger partial charge in [-0.3, -0.25) is 9.78 Å². The van der Waals surface area contributed by atoms with Crippen molar-refractivity contribution in [2.75, 3.05) is 7.11 Å². The predicted molar refractivity (Wildman–Crippen MR) is 103 cm³/mol. The molecule has 1 aromatic heterocycles. The number of hydrogen-bond donors (Lipinski definition) is 1. The summed E-state index contributed by atoms with van der Waals surface area (Å²) in [4.78, 5) is 28.8. The smallest absolute Gasteiger partial charge is 0.328 e. The Labute approximate surface area is 154 Å². The van der Waals surface area contributed by atoms with Gasteiger partial charge in [0.15, 0.2) is 0 Å². The molecule has 0 spiro atoms. The number of amides is 1. The minimum absolute atomic E-state index is 0.315. The first-order valence-corrected chi connectivity index (χ1v) is 9.00. The summed E-state index contributed by atoms with van der Waals surface area (Å²) in [5.41, 5.74) is 1.26. The number of nitrogens with zero attached hydrogens (tertiary/aromatic N) is 1. The third-order valence-corrected chi connectivity index (χ3v) is 4.29. The van der Waals surface area contributed by atoms with Crippen molar-refractivity contribution in [3.8, 4) is 0 Å². The van der Waals surface area contributed by atoms with E-state index in [9.17, 15) is 9.59 Å². The molecule has 0 aliphatic heterocycles. The van der Waals surface area contributed by atoms with Crippen LogP contribution in [-0.4, -0.2) is 30.0 Å². The fourth-order valence-corrected chi connectivity index (χ4v) is 2.82. The van der Waals surface area contributed by atoms with E-state index in [0.717, 1.165) is 43.0 Å². The van der Waals surface area contributed by atoms with E-state index in [1.165, 1.54) is 13.3 Å². The maximum atomic E-state index is 12.5. The van der Waals surface area contributed by atoms with Gasteiger partial charge in [-0.1, -0.05) is 43.5 Å². The molecular weight excluding hydrogens is 328 g/mol. The highest BCUT2D eigenvalue weighted by Gasteiger charge is 2.22. The number of esters is 1. The molecule has 1 atom stereocenters. The van der Waals surface area contributed by atoms with Crippen molar-refractivity contribution in [2.45, 2.75) is 44.6 Å².